The number of hydrogen-bond acceptors (Lipinski definition) is 0. The zero-order chi connectivity index (χ0) is 9.28. The first-order chi connectivity index (χ1) is 6.86. The van der Waals surface area contributed by atoms with Gasteiger partial charge in [0.25, 0.3) is 0 Å². The Labute approximate surface area is 91.1 Å². The van der Waals surface area contributed by atoms with Crippen LogP contribution in [0.4, 0.5) is 0 Å². The third kappa shape index (κ3) is 0.718. The summed E-state index contributed by atoms with van der Waals surface area (Å²) in [5.74, 6) is 1.66. The first-order valence-electron chi connectivity index (χ1n) is 5.07. The van der Waals surface area contributed by atoms with Crippen LogP contribution >= 0.6 is 15.9 Å². The molecule has 68 valence electrons. The highest BCUT2D eigenvalue weighted by Crippen LogP contribution is 2.64. The fourth-order valence-corrected chi connectivity index (χ4v) is 3.56. The summed E-state index contributed by atoms with van der Waals surface area (Å²) in [4.78, 5) is 0. The van der Waals surface area contributed by atoms with Crippen LogP contribution < -0.4 is 0 Å². The largest absolute Gasteiger partial charge is 0.0613 e. The molecule has 0 spiro atoms. The monoisotopic (exact) mass is 244 g/mol. The van der Waals surface area contributed by atoms with Crippen molar-refractivity contribution in [3.8, 4) is 0 Å². The first-order valence-corrected chi connectivity index (χ1v) is 5.86. The Hall–Kier alpha value is -0.820. The van der Waals surface area contributed by atoms with E-state index in [9.17, 15) is 0 Å². The number of fused-ring (bicyclic) bond motifs is 3. The molecule has 0 amide bonds. The zero-order valence-corrected chi connectivity index (χ0v) is 9.21. The van der Waals surface area contributed by atoms with Gasteiger partial charge in [0.1, 0.15) is 0 Å². The third-order valence-electron chi connectivity index (χ3n) is 3.63. The molecule has 0 nitrogen and oxygen atoms in total. The molecule has 14 heavy (non-hydrogen) atoms. The van der Waals surface area contributed by atoms with Crippen LogP contribution in [0, 0.1) is 0 Å². The number of benzene rings is 2. The molecular weight excluding hydrogens is 236 g/mol. The van der Waals surface area contributed by atoms with Crippen molar-refractivity contribution in [1.29, 1.82) is 0 Å². The van der Waals surface area contributed by atoms with E-state index in [0.717, 1.165) is 11.8 Å². The van der Waals surface area contributed by atoms with Crippen LogP contribution in [-0.4, -0.2) is 0 Å². The lowest BCUT2D eigenvalue weighted by atomic mass is 10.0. The molecular formula is C13H9Br. The maximum atomic E-state index is 3.68. The Morgan fingerprint density at radius 3 is 2.93 bits per heavy atom. The molecule has 1 saturated carbocycles. The zero-order valence-electron chi connectivity index (χ0n) is 7.63. The average Bonchev–Trinajstić information content (AvgIpc) is 2.91. The van der Waals surface area contributed by atoms with E-state index < -0.39 is 0 Å². The Kier molecular flexibility index (Phi) is 1.18. The lowest BCUT2D eigenvalue weighted by Crippen LogP contribution is -1.83. The highest BCUT2D eigenvalue weighted by atomic mass is 79.9. The van der Waals surface area contributed by atoms with E-state index in [-0.39, 0.29) is 0 Å². The van der Waals surface area contributed by atoms with Gasteiger partial charge >= 0.3 is 0 Å². The van der Waals surface area contributed by atoms with Gasteiger partial charge in [0.15, 0.2) is 0 Å². The summed E-state index contributed by atoms with van der Waals surface area (Å²) in [7, 11) is 0. The van der Waals surface area contributed by atoms with Crippen molar-refractivity contribution in [3.05, 3.63) is 45.9 Å². The normalized spacial score (nSPS) is 26.6. The van der Waals surface area contributed by atoms with Gasteiger partial charge in [0.2, 0.25) is 0 Å². The Morgan fingerprint density at radius 2 is 2.00 bits per heavy atom. The molecule has 2 aromatic rings. The fourth-order valence-electron chi connectivity index (χ4n) is 2.94. The molecule has 0 radical (unpaired) electrons. The summed E-state index contributed by atoms with van der Waals surface area (Å²) in [5.41, 5.74) is 3.16. The molecule has 0 N–H and O–H groups in total. The standard InChI is InChI=1S/C13H9Br/c14-11-5-4-7-2-1-3-8-9-6-10(9)13(11)12(7)8/h1-5,9-10H,6H2. The molecule has 0 saturated heterocycles. The average molecular weight is 245 g/mol. The van der Waals surface area contributed by atoms with Crippen molar-refractivity contribution >= 4 is 26.7 Å². The Bertz CT molecular complexity index is 556. The maximum absolute atomic E-state index is 3.68. The van der Waals surface area contributed by atoms with Gasteiger partial charge in [-0.2, -0.15) is 0 Å². The summed E-state index contributed by atoms with van der Waals surface area (Å²) >= 11 is 3.68. The van der Waals surface area contributed by atoms with Gasteiger partial charge in [0.05, 0.1) is 0 Å². The van der Waals surface area contributed by atoms with Crippen molar-refractivity contribution in [3.63, 3.8) is 0 Å². The van der Waals surface area contributed by atoms with E-state index in [1.807, 2.05) is 0 Å². The second-order valence-corrected chi connectivity index (χ2v) is 5.21. The number of hydrogen-bond donors (Lipinski definition) is 0. The molecule has 2 aliphatic carbocycles. The minimum atomic E-state index is 0.825. The van der Waals surface area contributed by atoms with Gasteiger partial charge in [-0.15, -0.1) is 0 Å². The van der Waals surface area contributed by atoms with Crippen molar-refractivity contribution in [2.75, 3.05) is 0 Å². The quantitative estimate of drug-likeness (QED) is 0.652. The fraction of sp³-hybridized carbons (Fsp3) is 0.231. The number of rotatable bonds is 0. The second kappa shape index (κ2) is 2.22. The van der Waals surface area contributed by atoms with Crippen LogP contribution in [0.25, 0.3) is 10.8 Å². The van der Waals surface area contributed by atoms with E-state index in [0.29, 0.717) is 0 Å². The molecule has 0 heterocycles. The second-order valence-electron chi connectivity index (χ2n) is 4.36. The molecule has 2 aromatic carbocycles. The van der Waals surface area contributed by atoms with E-state index in [2.05, 4.69) is 46.3 Å². The van der Waals surface area contributed by atoms with Gasteiger partial charge < -0.3 is 0 Å². The van der Waals surface area contributed by atoms with E-state index in [1.165, 1.54) is 21.7 Å². The van der Waals surface area contributed by atoms with Crippen molar-refractivity contribution in [1.82, 2.24) is 0 Å². The summed E-state index contributed by atoms with van der Waals surface area (Å²) in [6, 6.07) is 11.1. The molecule has 0 aromatic heterocycles. The Balaban J connectivity index is 2.28. The molecule has 0 aliphatic heterocycles. The van der Waals surface area contributed by atoms with Crippen molar-refractivity contribution in [2.45, 2.75) is 18.3 Å². The van der Waals surface area contributed by atoms with Crippen molar-refractivity contribution in [2.24, 2.45) is 0 Å². The molecule has 2 aliphatic rings. The minimum Gasteiger partial charge on any atom is -0.0613 e. The van der Waals surface area contributed by atoms with Crippen molar-refractivity contribution < 1.29 is 0 Å². The maximum Gasteiger partial charge on any atom is 0.0216 e. The minimum absolute atomic E-state index is 0.825. The van der Waals surface area contributed by atoms with Gasteiger partial charge in [-0.1, -0.05) is 40.2 Å². The summed E-state index contributed by atoms with van der Waals surface area (Å²) in [6.45, 7) is 0. The predicted octanol–water partition coefficient (Wildman–Crippen LogP) is 4.19. The predicted molar refractivity (Wildman–Crippen MR) is 61.7 cm³/mol. The van der Waals surface area contributed by atoms with Gasteiger partial charge in [0, 0.05) is 4.47 Å². The van der Waals surface area contributed by atoms with Gasteiger partial charge in [-0.05, 0) is 46.2 Å². The van der Waals surface area contributed by atoms with E-state index >= 15 is 0 Å². The van der Waals surface area contributed by atoms with E-state index in [4.69, 9.17) is 0 Å². The summed E-state index contributed by atoms with van der Waals surface area (Å²) in [5, 5.41) is 2.94. The highest BCUT2D eigenvalue weighted by molar-refractivity contribution is 9.10. The molecule has 2 unspecified atom stereocenters. The summed E-state index contributed by atoms with van der Waals surface area (Å²) < 4.78 is 1.31. The van der Waals surface area contributed by atoms with Crippen LogP contribution in [0.15, 0.2) is 34.8 Å². The lowest BCUT2D eigenvalue weighted by molar-refractivity contribution is 1.09. The van der Waals surface area contributed by atoms with Gasteiger partial charge in [-0.25, -0.2) is 0 Å². The summed E-state index contributed by atoms with van der Waals surface area (Å²) in [6.07, 6.45) is 1.37. The van der Waals surface area contributed by atoms with E-state index in [1.54, 1.807) is 11.1 Å². The molecule has 4 rings (SSSR count). The van der Waals surface area contributed by atoms with Crippen LogP contribution in [0.3, 0.4) is 0 Å². The molecule has 1 heteroatoms. The van der Waals surface area contributed by atoms with Crippen LogP contribution in [0.2, 0.25) is 0 Å². The van der Waals surface area contributed by atoms with Crippen LogP contribution in [0.1, 0.15) is 29.4 Å². The van der Waals surface area contributed by atoms with Crippen LogP contribution in [0.5, 0.6) is 0 Å². The SMILES string of the molecule is Brc1ccc2cccc3c2c1C1CC31. The van der Waals surface area contributed by atoms with Crippen LogP contribution in [-0.2, 0) is 0 Å². The topological polar surface area (TPSA) is 0 Å². The number of halogens is 1. The molecule has 2 atom stereocenters. The Morgan fingerprint density at radius 1 is 1.07 bits per heavy atom. The lowest BCUT2D eigenvalue weighted by Gasteiger charge is -2.06. The first kappa shape index (κ1) is 7.47. The molecule has 1 fully saturated rings. The smallest absolute Gasteiger partial charge is 0.0216 e. The van der Waals surface area contributed by atoms with Gasteiger partial charge in [-0.3, -0.25) is 0 Å². The molecule has 0 bridgehead atoms. The third-order valence-corrected chi connectivity index (χ3v) is 4.32. The highest BCUT2D eigenvalue weighted by Gasteiger charge is 2.47.